The van der Waals surface area contributed by atoms with Gasteiger partial charge in [0.25, 0.3) is 0 Å². The first-order chi connectivity index (χ1) is 8.46. The molecule has 18 heavy (non-hydrogen) atoms. The Balaban J connectivity index is 0.000000494. The minimum atomic E-state index is -0.829. The molecule has 0 atom stereocenters. The number of aliphatic carboxylic acids is 1. The van der Waals surface area contributed by atoms with Gasteiger partial charge in [0.05, 0.1) is 17.5 Å². The molecular formula is C11H11Br2ClO4. The molecule has 0 spiro atoms. The monoisotopic (exact) mass is 400 g/mol. The van der Waals surface area contributed by atoms with E-state index in [4.69, 9.17) is 21.4 Å². The molecule has 0 aromatic heterocycles. The molecular weight excluding hydrogens is 391 g/mol. The molecule has 100 valence electrons. The van der Waals surface area contributed by atoms with Gasteiger partial charge in [0.15, 0.2) is 5.78 Å². The highest BCUT2D eigenvalue weighted by Crippen LogP contribution is 2.22. The lowest BCUT2D eigenvalue weighted by Gasteiger charge is -2.03. The maximum atomic E-state index is 11.3. The molecule has 1 aromatic carbocycles. The van der Waals surface area contributed by atoms with Gasteiger partial charge in [-0.05, 0) is 18.2 Å². The number of carboxylic acid groups (broad SMARTS) is 1. The highest BCUT2D eigenvalue weighted by Gasteiger charge is 2.09. The van der Waals surface area contributed by atoms with E-state index in [1.807, 2.05) is 0 Å². The van der Waals surface area contributed by atoms with Gasteiger partial charge in [-0.1, -0.05) is 43.5 Å². The van der Waals surface area contributed by atoms with Crippen LogP contribution in [-0.4, -0.2) is 34.6 Å². The molecule has 1 N–H and O–H groups in total. The van der Waals surface area contributed by atoms with Crippen LogP contribution in [0.1, 0.15) is 10.4 Å². The van der Waals surface area contributed by atoms with Crippen molar-refractivity contribution in [3.05, 3.63) is 28.8 Å². The minimum Gasteiger partial charge on any atom is -0.497 e. The van der Waals surface area contributed by atoms with Crippen molar-refractivity contribution in [3.8, 4) is 5.75 Å². The Bertz CT molecular complexity index is 424. The summed E-state index contributed by atoms with van der Waals surface area (Å²) in [6.07, 6.45) is 0. The zero-order valence-corrected chi connectivity index (χ0v) is 13.4. The predicted molar refractivity (Wildman–Crippen MR) is 77.6 cm³/mol. The number of rotatable bonds is 4. The number of carbonyl (C=O) groups excluding carboxylic acids is 1. The third-order valence-corrected chi connectivity index (χ3v) is 3.01. The topological polar surface area (TPSA) is 63.6 Å². The summed E-state index contributed by atoms with van der Waals surface area (Å²) < 4.78 is 4.96. The van der Waals surface area contributed by atoms with Crippen LogP contribution in [0.3, 0.4) is 0 Å². The summed E-state index contributed by atoms with van der Waals surface area (Å²) in [6, 6.07) is 4.99. The van der Waals surface area contributed by atoms with Crippen molar-refractivity contribution in [3.63, 3.8) is 0 Å². The second kappa shape index (κ2) is 9.35. The summed E-state index contributed by atoms with van der Waals surface area (Å²) in [5.74, 6) is -0.214. The number of alkyl halides is 2. The molecule has 7 heteroatoms. The first-order valence-corrected chi connectivity index (χ1v) is 7.28. The SMILES string of the molecule is COc1ccc(C(=O)CBr)c(Cl)c1.O=C(O)CBr. The van der Waals surface area contributed by atoms with Crippen LogP contribution >= 0.6 is 43.5 Å². The Labute approximate surface area is 127 Å². The number of ketones is 1. The van der Waals surface area contributed by atoms with Gasteiger partial charge in [-0.2, -0.15) is 0 Å². The Morgan fingerprint density at radius 2 is 1.89 bits per heavy atom. The quantitative estimate of drug-likeness (QED) is 0.619. The number of halogens is 3. The number of Topliss-reactive ketones (excluding diaryl/α,β-unsaturated/α-hetero) is 1. The molecule has 0 bridgehead atoms. The second-order valence-electron chi connectivity index (χ2n) is 2.93. The van der Waals surface area contributed by atoms with Crippen molar-refractivity contribution in [2.75, 3.05) is 17.8 Å². The van der Waals surface area contributed by atoms with E-state index in [1.165, 1.54) is 0 Å². The average molecular weight is 402 g/mol. The summed E-state index contributed by atoms with van der Waals surface area (Å²) in [5, 5.41) is 8.41. The lowest BCUT2D eigenvalue weighted by atomic mass is 10.1. The van der Waals surface area contributed by atoms with E-state index >= 15 is 0 Å². The van der Waals surface area contributed by atoms with Crippen molar-refractivity contribution >= 4 is 55.2 Å². The fourth-order valence-corrected chi connectivity index (χ4v) is 1.50. The van der Waals surface area contributed by atoms with Crippen LogP contribution in [0.5, 0.6) is 5.75 Å². The molecule has 0 heterocycles. The minimum absolute atomic E-state index is 0.0346. The van der Waals surface area contributed by atoms with Crippen LogP contribution in [-0.2, 0) is 4.79 Å². The number of carboxylic acids is 1. The van der Waals surface area contributed by atoms with Gasteiger partial charge in [0.1, 0.15) is 11.1 Å². The Hall–Kier alpha value is -0.590. The first kappa shape index (κ1) is 17.4. The molecule has 0 saturated carbocycles. The fraction of sp³-hybridized carbons (Fsp3) is 0.273. The van der Waals surface area contributed by atoms with Gasteiger partial charge < -0.3 is 9.84 Å². The summed E-state index contributed by atoms with van der Waals surface area (Å²) in [4.78, 5) is 20.6. The van der Waals surface area contributed by atoms with Crippen molar-refractivity contribution < 1.29 is 19.4 Å². The number of hydrogen-bond acceptors (Lipinski definition) is 3. The van der Waals surface area contributed by atoms with E-state index in [9.17, 15) is 9.59 Å². The second-order valence-corrected chi connectivity index (χ2v) is 4.46. The predicted octanol–water partition coefficient (Wildman–Crippen LogP) is 3.39. The fourth-order valence-electron chi connectivity index (χ4n) is 0.921. The molecule has 1 rings (SSSR count). The zero-order chi connectivity index (χ0) is 14.1. The molecule has 0 amide bonds. The Morgan fingerprint density at radius 1 is 1.33 bits per heavy atom. The zero-order valence-electron chi connectivity index (χ0n) is 9.45. The molecule has 0 unspecified atom stereocenters. The molecule has 0 saturated heterocycles. The number of methoxy groups -OCH3 is 1. The van der Waals surface area contributed by atoms with Gasteiger partial charge in [-0.25, -0.2) is 0 Å². The van der Waals surface area contributed by atoms with Crippen LogP contribution in [0.2, 0.25) is 5.02 Å². The average Bonchev–Trinajstić information content (AvgIpc) is 2.38. The lowest BCUT2D eigenvalue weighted by molar-refractivity contribution is -0.133. The van der Waals surface area contributed by atoms with Crippen LogP contribution < -0.4 is 4.74 Å². The lowest BCUT2D eigenvalue weighted by Crippen LogP contribution is -2.00. The van der Waals surface area contributed by atoms with Gasteiger partial charge in [0, 0.05) is 5.56 Å². The van der Waals surface area contributed by atoms with Gasteiger partial charge in [-0.15, -0.1) is 0 Å². The number of carbonyl (C=O) groups is 2. The van der Waals surface area contributed by atoms with Gasteiger partial charge >= 0.3 is 5.97 Å². The standard InChI is InChI=1S/C9H8BrClO2.C2H3BrO2/c1-13-6-2-3-7(8(11)4-6)9(12)5-10;3-1-2(4)5/h2-4H,5H2,1H3;1H2,(H,4,5). The Morgan fingerprint density at radius 3 is 2.22 bits per heavy atom. The van der Waals surface area contributed by atoms with E-state index in [1.54, 1.807) is 25.3 Å². The van der Waals surface area contributed by atoms with Crippen LogP contribution in [0, 0.1) is 0 Å². The summed E-state index contributed by atoms with van der Waals surface area (Å²) in [6.45, 7) is 0. The van der Waals surface area contributed by atoms with Gasteiger partial charge in [0.2, 0.25) is 0 Å². The number of benzene rings is 1. The molecule has 0 fully saturated rings. The molecule has 0 aliphatic rings. The molecule has 0 aliphatic heterocycles. The molecule has 0 aliphatic carbocycles. The summed E-state index contributed by atoms with van der Waals surface area (Å²) >= 11 is 11.7. The largest absolute Gasteiger partial charge is 0.497 e. The Kier molecular flexibility index (Phi) is 9.05. The maximum Gasteiger partial charge on any atom is 0.314 e. The third kappa shape index (κ3) is 6.37. The van der Waals surface area contributed by atoms with Gasteiger partial charge in [-0.3, -0.25) is 9.59 Å². The summed E-state index contributed by atoms with van der Waals surface area (Å²) in [5.41, 5.74) is 0.513. The van der Waals surface area contributed by atoms with Crippen molar-refractivity contribution in [2.24, 2.45) is 0 Å². The normalized spacial score (nSPS) is 9.11. The molecule has 4 nitrogen and oxygen atoms in total. The number of ether oxygens (including phenoxy) is 1. The first-order valence-electron chi connectivity index (χ1n) is 4.66. The molecule has 1 aromatic rings. The van der Waals surface area contributed by atoms with Crippen molar-refractivity contribution in [2.45, 2.75) is 0 Å². The van der Waals surface area contributed by atoms with E-state index < -0.39 is 5.97 Å². The summed E-state index contributed by atoms with van der Waals surface area (Å²) in [7, 11) is 1.55. The smallest absolute Gasteiger partial charge is 0.314 e. The van der Waals surface area contributed by atoms with E-state index in [-0.39, 0.29) is 16.4 Å². The van der Waals surface area contributed by atoms with E-state index in [2.05, 4.69) is 31.9 Å². The van der Waals surface area contributed by atoms with Crippen LogP contribution in [0.25, 0.3) is 0 Å². The maximum absolute atomic E-state index is 11.3. The molecule has 0 radical (unpaired) electrons. The van der Waals surface area contributed by atoms with Crippen LogP contribution in [0.15, 0.2) is 18.2 Å². The van der Waals surface area contributed by atoms with Crippen LogP contribution in [0.4, 0.5) is 0 Å². The van der Waals surface area contributed by atoms with Crippen molar-refractivity contribution in [1.82, 2.24) is 0 Å². The van der Waals surface area contributed by atoms with E-state index in [0.717, 1.165) is 0 Å². The highest BCUT2D eigenvalue weighted by molar-refractivity contribution is 9.09. The van der Waals surface area contributed by atoms with E-state index in [0.29, 0.717) is 16.3 Å². The number of hydrogen-bond donors (Lipinski definition) is 1. The highest BCUT2D eigenvalue weighted by atomic mass is 79.9. The third-order valence-electron chi connectivity index (χ3n) is 1.71. The van der Waals surface area contributed by atoms with Crippen molar-refractivity contribution in [1.29, 1.82) is 0 Å².